The number of aryl methyl sites for hydroxylation is 1. The zero-order chi connectivity index (χ0) is 19.3. The SMILES string of the molecule is CCCCn1nc(C(=O)N[C@H](C)c2ccc(S(C)(=O)=O)cc2)ccc1=O. The topological polar surface area (TPSA) is 98.1 Å². The summed E-state index contributed by atoms with van der Waals surface area (Å²) in [5.41, 5.74) is 0.699. The molecule has 26 heavy (non-hydrogen) atoms. The first-order valence-electron chi connectivity index (χ1n) is 8.41. The number of hydrogen-bond donors (Lipinski definition) is 1. The molecule has 0 radical (unpaired) electrons. The number of unbranched alkanes of at least 4 members (excludes halogenated alkanes) is 1. The predicted octanol–water partition coefficient (Wildman–Crippen LogP) is 1.94. The number of benzene rings is 1. The molecule has 8 heteroatoms. The molecule has 0 saturated carbocycles. The van der Waals surface area contributed by atoms with Gasteiger partial charge in [0, 0.05) is 18.9 Å². The smallest absolute Gasteiger partial charge is 0.272 e. The summed E-state index contributed by atoms with van der Waals surface area (Å²) in [6.45, 7) is 4.28. The molecule has 0 aliphatic heterocycles. The zero-order valence-corrected chi connectivity index (χ0v) is 15.9. The summed E-state index contributed by atoms with van der Waals surface area (Å²) < 4.78 is 24.3. The predicted molar refractivity (Wildman–Crippen MR) is 98.8 cm³/mol. The van der Waals surface area contributed by atoms with Crippen LogP contribution in [0.5, 0.6) is 0 Å². The van der Waals surface area contributed by atoms with Crippen molar-refractivity contribution in [3.05, 3.63) is 58.0 Å². The third-order valence-corrected chi connectivity index (χ3v) is 5.11. The van der Waals surface area contributed by atoms with E-state index < -0.39 is 15.7 Å². The van der Waals surface area contributed by atoms with E-state index in [2.05, 4.69) is 10.4 Å². The van der Waals surface area contributed by atoms with E-state index >= 15 is 0 Å². The van der Waals surface area contributed by atoms with Crippen LogP contribution in [0.25, 0.3) is 0 Å². The largest absolute Gasteiger partial charge is 0.344 e. The Morgan fingerprint density at radius 1 is 1.19 bits per heavy atom. The second kappa shape index (κ2) is 8.27. The summed E-state index contributed by atoms with van der Waals surface area (Å²) >= 11 is 0. The average Bonchev–Trinajstić information content (AvgIpc) is 2.60. The van der Waals surface area contributed by atoms with Crippen molar-refractivity contribution in [3.63, 3.8) is 0 Å². The lowest BCUT2D eigenvalue weighted by Crippen LogP contribution is -2.31. The Morgan fingerprint density at radius 2 is 1.85 bits per heavy atom. The Balaban J connectivity index is 2.12. The maximum Gasteiger partial charge on any atom is 0.272 e. The standard InChI is InChI=1S/C18H23N3O4S/c1-4-5-12-21-17(22)11-10-16(20-21)18(23)19-13(2)14-6-8-15(9-7-14)26(3,24)25/h6-11,13H,4-5,12H2,1-3H3,(H,19,23)/t13-/m1/s1. The highest BCUT2D eigenvalue weighted by atomic mass is 32.2. The summed E-state index contributed by atoms with van der Waals surface area (Å²) in [5.74, 6) is -0.394. The van der Waals surface area contributed by atoms with Gasteiger partial charge in [-0.2, -0.15) is 5.10 Å². The average molecular weight is 377 g/mol. The fourth-order valence-corrected chi connectivity index (χ4v) is 3.03. The third-order valence-electron chi connectivity index (χ3n) is 3.98. The second-order valence-electron chi connectivity index (χ2n) is 6.17. The van der Waals surface area contributed by atoms with E-state index in [-0.39, 0.29) is 22.2 Å². The molecule has 1 aromatic carbocycles. The molecule has 0 fully saturated rings. The molecule has 0 aliphatic rings. The second-order valence-corrected chi connectivity index (χ2v) is 8.19. The first-order valence-corrected chi connectivity index (χ1v) is 10.3. The van der Waals surface area contributed by atoms with Crippen LogP contribution in [0.2, 0.25) is 0 Å². The number of carbonyl (C=O) groups excluding carboxylic acids is 1. The molecule has 140 valence electrons. The van der Waals surface area contributed by atoms with Crippen molar-refractivity contribution in [1.29, 1.82) is 0 Å². The molecule has 2 aromatic rings. The van der Waals surface area contributed by atoms with Crippen molar-refractivity contribution in [1.82, 2.24) is 15.1 Å². The maximum absolute atomic E-state index is 12.4. The van der Waals surface area contributed by atoms with Gasteiger partial charge in [0.25, 0.3) is 11.5 Å². The van der Waals surface area contributed by atoms with Crippen molar-refractivity contribution >= 4 is 15.7 Å². The lowest BCUT2D eigenvalue weighted by atomic mass is 10.1. The van der Waals surface area contributed by atoms with Crippen molar-refractivity contribution in [2.75, 3.05) is 6.26 Å². The summed E-state index contributed by atoms with van der Waals surface area (Å²) in [5, 5.41) is 6.92. The minimum Gasteiger partial charge on any atom is -0.344 e. The van der Waals surface area contributed by atoms with Crippen LogP contribution in [0, 0.1) is 0 Å². The van der Waals surface area contributed by atoms with Gasteiger partial charge in [-0.15, -0.1) is 0 Å². The van der Waals surface area contributed by atoms with Crippen LogP contribution < -0.4 is 10.9 Å². The number of nitrogens with zero attached hydrogens (tertiary/aromatic N) is 2. The molecule has 1 aromatic heterocycles. The fourth-order valence-electron chi connectivity index (χ4n) is 2.40. The molecule has 7 nitrogen and oxygen atoms in total. The number of sulfone groups is 1. The molecule has 1 heterocycles. The molecule has 1 N–H and O–H groups in total. The van der Waals surface area contributed by atoms with E-state index in [1.807, 2.05) is 6.92 Å². The minimum atomic E-state index is -3.26. The van der Waals surface area contributed by atoms with E-state index in [0.717, 1.165) is 24.7 Å². The maximum atomic E-state index is 12.4. The number of rotatable bonds is 7. The molecule has 0 bridgehead atoms. The Bertz CT molecular complexity index is 934. The van der Waals surface area contributed by atoms with Gasteiger partial charge in [0.2, 0.25) is 0 Å². The van der Waals surface area contributed by atoms with Crippen LogP contribution in [0.3, 0.4) is 0 Å². The van der Waals surface area contributed by atoms with E-state index in [9.17, 15) is 18.0 Å². The Kier molecular flexibility index (Phi) is 6.31. The molecule has 0 saturated heterocycles. The third kappa shape index (κ3) is 5.01. The van der Waals surface area contributed by atoms with Crippen LogP contribution in [0.15, 0.2) is 46.1 Å². The molecular weight excluding hydrogens is 354 g/mol. The van der Waals surface area contributed by atoms with Gasteiger partial charge in [-0.3, -0.25) is 9.59 Å². The van der Waals surface area contributed by atoms with Crippen LogP contribution in [0.4, 0.5) is 0 Å². The molecule has 0 unspecified atom stereocenters. The summed E-state index contributed by atoms with van der Waals surface area (Å²) in [6, 6.07) is 8.75. The lowest BCUT2D eigenvalue weighted by molar-refractivity contribution is 0.0932. The highest BCUT2D eigenvalue weighted by Crippen LogP contribution is 2.16. The van der Waals surface area contributed by atoms with Gasteiger partial charge >= 0.3 is 0 Å². The van der Waals surface area contributed by atoms with Gasteiger partial charge < -0.3 is 5.32 Å². The first-order chi connectivity index (χ1) is 12.2. The summed E-state index contributed by atoms with van der Waals surface area (Å²) in [6.07, 6.45) is 2.87. The van der Waals surface area contributed by atoms with E-state index in [1.54, 1.807) is 19.1 Å². The summed E-state index contributed by atoms with van der Waals surface area (Å²) in [7, 11) is -3.26. The highest BCUT2D eigenvalue weighted by Gasteiger charge is 2.15. The number of amides is 1. The van der Waals surface area contributed by atoms with Crippen LogP contribution in [-0.2, 0) is 16.4 Å². The van der Waals surface area contributed by atoms with E-state index in [4.69, 9.17) is 0 Å². The monoisotopic (exact) mass is 377 g/mol. The van der Waals surface area contributed by atoms with Crippen molar-refractivity contribution in [2.45, 2.75) is 44.2 Å². The van der Waals surface area contributed by atoms with Crippen molar-refractivity contribution in [2.24, 2.45) is 0 Å². The Hall–Kier alpha value is -2.48. The highest BCUT2D eigenvalue weighted by molar-refractivity contribution is 7.90. The first kappa shape index (κ1) is 19.8. The molecular formula is C18H23N3O4S. The normalized spacial score (nSPS) is 12.6. The van der Waals surface area contributed by atoms with Crippen LogP contribution in [0.1, 0.15) is 48.8 Å². The Labute approximate surface area is 153 Å². The lowest BCUT2D eigenvalue weighted by Gasteiger charge is -2.15. The van der Waals surface area contributed by atoms with Gasteiger partial charge in [-0.1, -0.05) is 25.5 Å². The number of aromatic nitrogens is 2. The van der Waals surface area contributed by atoms with Gasteiger partial charge in [0.05, 0.1) is 10.9 Å². The van der Waals surface area contributed by atoms with Gasteiger partial charge in [0.15, 0.2) is 9.84 Å². The van der Waals surface area contributed by atoms with Gasteiger partial charge in [-0.25, -0.2) is 13.1 Å². The minimum absolute atomic E-state index is 0.167. The molecule has 0 aliphatic carbocycles. The van der Waals surface area contributed by atoms with Crippen molar-refractivity contribution < 1.29 is 13.2 Å². The fraction of sp³-hybridized carbons (Fsp3) is 0.389. The molecule has 1 amide bonds. The number of nitrogens with one attached hydrogen (secondary N) is 1. The molecule has 2 rings (SSSR count). The molecule has 0 spiro atoms. The van der Waals surface area contributed by atoms with E-state index in [0.29, 0.717) is 6.54 Å². The van der Waals surface area contributed by atoms with Crippen LogP contribution in [-0.4, -0.2) is 30.4 Å². The van der Waals surface area contributed by atoms with Gasteiger partial charge in [0.1, 0.15) is 5.69 Å². The zero-order valence-electron chi connectivity index (χ0n) is 15.1. The quantitative estimate of drug-likeness (QED) is 0.795. The summed E-state index contributed by atoms with van der Waals surface area (Å²) in [4.78, 5) is 24.4. The molecule has 1 atom stereocenters. The number of carbonyl (C=O) groups is 1. The van der Waals surface area contributed by atoms with Crippen LogP contribution >= 0.6 is 0 Å². The van der Waals surface area contributed by atoms with Gasteiger partial charge in [-0.05, 0) is 37.1 Å². The van der Waals surface area contributed by atoms with E-state index in [1.165, 1.54) is 28.9 Å². The van der Waals surface area contributed by atoms with Crippen molar-refractivity contribution in [3.8, 4) is 0 Å². The number of hydrogen-bond acceptors (Lipinski definition) is 5. The Morgan fingerprint density at radius 3 is 2.42 bits per heavy atom.